The molecule has 1 aromatic heterocycles. The second-order valence-corrected chi connectivity index (χ2v) is 12.8. The SMILES string of the molecule is CCCCCCCCCCCCCCCCCCn1c(CS(=O)(=O)c2ccc(N)cc2)nc2ccccc21. The fourth-order valence-electron chi connectivity index (χ4n) is 5.23. The van der Waals surface area contributed by atoms with Gasteiger partial charge >= 0.3 is 0 Å². The number of imidazole rings is 1. The van der Waals surface area contributed by atoms with Crippen LogP contribution in [0.4, 0.5) is 5.69 Å². The summed E-state index contributed by atoms with van der Waals surface area (Å²) in [4.78, 5) is 4.98. The standard InChI is InChI=1S/C32H49N3O2S/c1-2-3-4-5-6-7-8-9-10-11-12-13-14-15-16-19-26-35-31-21-18-17-20-30(31)34-32(35)27-38(36,37)29-24-22-28(33)23-25-29/h17-18,20-25H,2-16,19,26-27,33H2,1H3. The van der Waals surface area contributed by atoms with Gasteiger partial charge in [-0.1, -0.05) is 115 Å². The molecule has 210 valence electrons. The Bertz CT molecular complexity index is 1170. The first kappa shape index (κ1) is 30.2. The number of nitrogens with two attached hydrogens (primary N) is 1. The van der Waals surface area contributed by atoms with Gasteiger partial charge < -0.3 is 10.3 Å². The summed E-state index contributed by atoms with van der Waals surface area (Å²) in [6.07, 6.45) is 21.4. The van der Waals surface area contributed by atoms with Gasteiger partial charge in [-0.15, -0.1) is 0 Å². The van der Waals surface area contributed by atoms with Gasteiger partial charge in [0, 0.05) is 12.2 Å². The van der Waals surface area contributed by atoms with Gasteiger partial charge in [0.2, 0.25) is 0 Å². The summed E-state index contributed by atoms with van der Waals surface area (Å²) in [5, 5.41) is 0. The monoisotopic (exact) mass is 539 g/mol. The zero-order chi connectivity index (χ0) is 27.1. The molecule has 0 fully saturated rings. The van der Waals surface area contributed by atoms with Crippen LogP contribution in [0.3, 0.4) is 0 Å². The lowest BCUT2D eigenvalue weighted by Crippen LogP contribution is -2.11. The van der Waals surface area contributed by atoms with Crippen LogP contribution < -0.4 is 5.73 Å². The minimum Gasteiger partial charge on any atom is -0.399 e. The minimum atomic E-state index is -3.50. The Morgan fingerprint density at radius 2 is 1.18 bits per heavy atom. The van der Waals surface area contributed by atoms with Gasteiger partial charge in [-0.3, -0.25) is 0 Å². The Kier molecular flexibility index (Phi) is 13.2. The molecule has 0 bridgehead atoms. The van der Waals surface area contributed by atoms with Crippen LogP contribution in [0, 0.1) is 0 Å². The molecule has 0 amide bonds. The predicted molar refractivity (Wildman–Crippen MR) is 161 cm³/mol. The van der Waals surface area contributed by atoms with Crippen LogP contribution in [0.25, 0.3) is 11.0 Å². The first-order valence-corrected chi connectivity index (χ1v) is 16.7. The number of sulfone groups is 1. The highest BCUT2D eigenvalue weighted by molar-refractivity contribution is 7.90. The zero-order valence-electron chi connectivity index (χ0n) is 23.5. The summed E-state index contributed by atoms with van der Waals surface area (Å²) >= 11 is 0. The number of para-hydroxylation sites is 2. The molecule has 2 aromatic carbocycles. The molecule has 0 aliphatic carbocycles. The fraction of sp³-hybridized carbons (Fsp3) is 0.594. The second-order valence-electron chi connectivity index (χ2n) is 10.8. The van der Waals surface area contributed by atoms with Gasteiger partial charge in [-0.05, 0) is 42.8 Å². The van der Waals surface area contributed by atoms with E-state index in [9.17, 15) is 8.42 Å². The largest absolute Gasteiger partial charge is 0.399 e. The van der Waals surface area contributed by atoms with Gasteiger partial charge in [0.05, 0.1) is 15.9 Å². The Balaban J connectivity index is 1.35. The average molecular weight is 540 g/mol. The third-order valence-electron chi connectivity index (χ3n) is 7.53. The lowest BCUT2D eigenvalue weighted by atomic mass is 10.0. The lowest BCUT2D eigenvalue weighted by Gasteiger charge is -2.10. The number of anilines is 1. The molecular formula is C32H49N3O2S. The van der Waals surface area contributed by atoms with Crippen molar-refractivity contribution in [1.82, 2.24) is 9.55 Å². The molecule has 0 saturated carbocycles. The van der Waals surface area contributed by atoms with Crippen molar-refractivity contribution in [2.75, 3.05) is 5.73 Å². The Hall–Kier alpha value is -2.34. The molecule has 0 radical (unpaired) electrons. The van der Waals surface area contributed by atoms with Crippen molar-refractivity contribution in [3.63, 3.8) is 0 Å². The van der Waals surface area contributed by atoms with Crippen LogP contribution >= 0.6 is 0 Å². The Labute approximate surface area is 231 Å². The summed E-state index contributed by atoms with van der Waals surface area (Å²) in [6, 6.07) is 14.4. The number of hydrogen-bond donors (Lipinski definition) is 1. The van der Waals surface area contributed by atoms with Gasteiger partial charge in [0.15, 0.2) is 9.84 Å². The smallest absolute Gasteiger partial charge is 0.185 e. The summed E-state index contributed by atoms with van der Waals surface area (Å²) in [7, 11) is -3.50. The topological polar surface area (TPSA) is 78.0 Å². The molecule has 3 aromatic rings. The summed E-state index contributed by atoms with van der Waals surface area (Å²) < 4.78 is 28.2. The van der Waals surface area contributed by atoms with E-state index in [-0.39, 0.29) is 10.6 Å². The second kappa shape index (κ2) is 16.6. The summed E-state index contributed by atoms with van der Waals surface area (Å²) in [5.74, 6) is 0.508. The summed E-state index contributed by atoms with van der Waals surface area (Å²) in [5.41, 5.74) is 8.16. The van der Waals surface area contributed by atoms with E-state index in [0.29, 0.717) is 11.5 Å². The number of aromatic nitrogens is 2. The van der Waals surface area contributed by atoms with Gasteiger partial charge in [-0.25, -0.2) is 13.4 Å². The van der Waals surface area contributed by atoms with E-state index in [0.717, 1.165) is 30.4 Å². The van der Waals surface area contributed by atoms with Crippen LogP contribution in [0.1, 0.15) is 115 Å². The predicted octanol–water partition coefficient (Wildman–Crippen LogP) is 8.85. The van der Waals surface area contributed by atoms with E-state index >= 15 is 0 Å². The van der Waals surface area contributed by atoms with E-state index in [1.165, 1.54) is 89.9 Å². The normalized spacial score (nSPS) is 11.9. The van der Waals surface area contributed by atoms with Crippen molar-refractivity contribution in [1.29, 1.82) is 0 Å². The number of rotatable bonds is 20. The molecule has 2 N–H and O–H groups in total. The molecular weight excluding hydrogens is 490 g/mol. The molecule has 0 saturated heterocycles. The Morgan fingerprint density at radius 1 is 0.684 bits per heavy atom. The Morgan fingerprint density at radius 3 is 1.74 bits per heavy atom. The molecule has 38 heavy (non-hydrogen) atoms. The van der Waals surface area contributed by atoms with E-state index in [1.54, 1.807) is 24.3 Å². The average Bonchev–Trinajstić information content (AvgIpc) is 3.24. The fourth-order valence-corrected chi connectivity index (χ4v) is 6.51. The molecule has 0 spiro atoms. The molecule has 5 nitrogen and oxygen atoms in total. The maximum Gasteiger partial charge on any atom is 0.185 e. The van der Waals surface area contributed by atoms with Crippen molar-refractivity contribution < 1.29 is 8.42 Å². The minimum absolute atomic E-state index is 0.107. The number of benzene rings is 2. The number of aryl methyl sites for hydroxylation is 1. The molecule has 0 aliphatic rings. The number of nitrogen functional groups attached to an aromatic ring is 1. The van der Waals surface area contributed by atoms with Crippen molar-refractivity contribution in [3.8, 4) is 0 Å². The first-order chi connectivity index (χ1) is 18.5. The van der Waals surface area contributed by atoms with Gasteiger partial charge in [0.1, 0.15) is 11.6 Å². The highest BCUT2D eigenvalue weighted by Crippen LogP contribution is 2.23. The molecule has 6 heteroatoms. The maximum absolute atomic E-state index is 13.1. The van der Waals surface area contributed by atoms with E-state index in [2.05, 4.69) is 11.5 Å². The van der Waals surface area contributed by atoms with Crippen molar-refractivity contribution >= 4 is 26.6 Å². The van der Waals surface area contributed by atoms with Crippen LogP contribution in [-0.4, -0.2) is 18.0 Å². The number of hydrogen-bond acceptors (Lipinski definition) is 4. The van der Waals surface area contributed by atoms with Gasteiger partial charge in [-0.2, -0.15) is 0 Å². The third kappa shape index (κ3) is 10.1. The molecule has 3 rings (SSSR count). The highest BCUT2D eigenvalue weighted by Gasteiger charge is 2.20. The van der Waals surface area contributed by atoms with Crippen LogP contribution in [0.2, 0.25) is 0 Å². The summed E-state index contributed by atoms with van der Waals surface area (Å²) in [6.45, 7) is 3.08. The van der Waals surface area contributed by atoms with Gasteiger partial charge in [0.25, 0.3) is 0 Å². The van der Waals surface area contributed by atoms with Crippen LogP contribution in [-0.2, 0) is 22.1 Å². The molecule has 0 aliphatic heterocycles. The first-order valence-electron chi connectivity index (χ1n) is 15.0. The number of nitrogens with zero attached hydrogens (tertiary/aromatic N) is 2. The van der Waals surface area contributed by atoms with Crippen LogP contribution in [0.5, 0.6) is 0 Å². The lowest BCUT2D eigenvalue weighted by molar-refractivity contribution is 0.520. The molecule has 0 unspecified atom stereocenters. The van der Waals surface area contributed by atoms with E-state index in [4.69, 9.17) is 10.7 Å². The zero-order valence-corrected chi connectivity index (χ0v) is 24.4. The van der Waals surface area contributed by atoms with Crippen molar-refractivity contribution in [2.24, 2.45) is 0 Å². The van der Waals surface area contributed by atoms with Crippen molar-refractivity contribution in [2.45, 2.75) is 127 Å². The van der Waals surface area contributed by atoms with E-state index < -0.39 is 9.84 Å². The quantitative estimate of drug-likeness (QED) is 0.115. The molecule has 1 heterocycles. The highest BCUT2D eigenvalue weighted by atomic mass is 32.2. The molecule has 0 atom stereocenters. The van der Waals surface area contributed by atoms with Crippen LogP contribution in [0.15, 0.2) is 53.4 Å². The third-order valence-corrected chi connectivity index (χ3v) is 9.16. The van der Waals surface area contributed by atoms with E-state index in [1.807, 2.05) is 24.3 Å². The number of fused-ring (bicyclic) bond motifs is 1. The van der Waals surface area contributed by atoms with Crippen molar-refractivity contribution in [3.05, 3.63) is 54.4 Å². The number of unbranched alkanes of at least 4 members (excludes halogenated alkanes) is 15. The maximum atomic E-state index is 13.1.